The summed E-state index contributed by atoms with van der Waals surface area (Å²) in [4.78, 5) is 32.8. The SMILES string of the molecule is O=C1CC2(OCOC2=O)C(C(=O)O)O1. The van der Waals surface area contributed by atoms with Crippen molar-refractivity contribution >= 4 is 17.9 Å². The molecule has 2 rings (SSSR count). The van der Waals surface area contributed by atoms with Crippen LogP contribution in [0.25, 0.3) is 0 Å². The minimum atomic E-state index is -1.77. The average molecular weight is 202 g/mol. The van der Waals surface area contributed by atoms with Crippen molar-refractivity contribution in [1.82, 2.24) is 0 Å². The van der Waals surface area contributed by atoms with E-state index in [1.165, 1.54) is 0 Å². The van der Waals surface area contributed by atoms with Crippen LogP contribution in [0, 0.1) is 0 Å². The highest BCUT2D eigenvalue weighted by atomic mass is 16.8. The lowest BCUT2D eigenvalue weighted by Crippen LogP contribution is -2.48. The Kier molecular flexibility index (Phi) is 1.71. The highest BCUT2D eigenvalue weighted by Crippen LogP contribution is 2.35. The monoisotopic (exact) mass is 202 g/mol. The Labute approximate surface area is 77.5 Å². The zero-order valence-corrected chi connectivity index (χ0v) is 6.89. The van der Waals surface area contributed by atoms with Crippen LogP contribution < -0.4 is 0 Å². The Morgan fingerprint density at radius 2 is 2.21 bits per heavy atom. The van der Waals surface area contributed by atoms with Crippen LogP contribution in [-0.4, -0.2) is 41.5 Å². The molecule has 7 heteroatoms. The topological polar surface area (TPSA) is 99.1 Å². The van der Waals surface area contributed by atoms with E-state index in [1.54, 1.807) is 0 Å². The maximum Gasteiger partial charge on any atom is 0.348 e. The standard InChI is InChI=1S/C7H6O7/c8-3-1-7(4(14-3)5(9)10)6(11)12-2-13-7/h4H,1-2H2,(H,9,10). The Balaban J connectivity index is 2.36. The lowest BCUT2D eigenvalue weighted by atomic mass is 9.96. The van der Waals surface area contributed by atoms with Gasteiger partial charge in [0.25, 0.3) is 0 Å². The van der Waals surface area contributed by atoms with E-state index >= 15 is 0 Å². The highest BCUT2D eigenvalue weighted by Gasteiger charge is 2.63. The van der Waals surface area contributed by atoms with Crippen molar-refractivity contribution < 1.29 is 33.7 Å². The zero-order valence-electron chi connectivity index (χ0n) is 6.89. The molecule has 1 N–H and O–H groups in total. The predicted octanol–water partition coefficient (Wildman–Crippen LogP) is -1.34. The van der Waals surface area contributed by atoms with Crippen LogP contribution in [0.5, 0.6) is 0 Å². The van der Waals surface area contributed by atoms with Crippen LogP contribution in [-0.2, 0) is 28.6 Å². The molecule has 7 nitrogen and oxygen atoms in total. The fraction of sp³-hybridized carbons (Fsp3) is 0.571. The maximum atomic E-state index is 11.2. The first-order valence-corrected chi connectivity index (χ1v) is 3.80. The lowest BCUT2D eigenvalue weighted by molar-refractivity contribution is -0.167. The molecule has 0 aliphatic carbocycles. The summed E-state index contributed by atoms with van der Waals surface area (Å²) in [7, 11) is 0. The molecule has 0 aromatic carbocycles. The predicted molar refractivity (Wildman–Crippen MR) is 36.9 cm³/mol. The smallest absolute Gasteiger partial charge is 0.348 e. The van der Waals surface area contributed by atoms with Gasteiger partial charge < -0.3 is 19.3 Å². The first kappa shape index (κ1) is 8.95. The molecule has 1 spiro atoms. The average Bonchev–Trinajstić information content (AvgIpc) is 2.60. The van der Waals surface area contributed by atoms with E-state index in [0.29, 0.717) is 0 Å². The van der Waals surface area contributed by atoms with Crippen molar-refractivity contribution in [3.05, 3.63) is 0 Å². The van der Waals surface area contributed by atoms with Crippen LogP contribution in [0.1, 0.15) is 6.42 Å². The van der Waals surface area contributed by atoms with E-state index in [-0.39, 0.29) is 6.79 Å². The summed E-state index contributed by atoms with van der Waals surface area (Å²) in [6.45, 7) is -0.348. The van der Waals surface area contributed by atoms with Gasteiger partial charge in [0.15, 0.2) is 6.79 Å². The van der Waals surface area contributed by atoms with E-state index in [2.05, 4.69) is 9.47 Å². The second kappa shape index (κ2) is 2.68. The number of carboxylic acids is 1. The van der Waals surface area contributed by atoms with Gasteiger partial charge in [-0.2, -0.15) is 0 Å². The summed E-state index contributed by atoms with van der Waals surface area (Å²) in [5.41, 5.74) is -1.77. The molecule has 2 heterocycles. The summed E-state index contributed by atoms with van der Waals surface area (Å²) in [5, 5.41) is 8.71. The fourth-order valence-electron chi connectivity index (χ4n) is 1.50. The van der Waals surface area contributed by atoms with E-state index in [1.807, 2.05) is 0 Å². The van der Waals surface area contributed by atoms with Crippen molar-refractivity contribution in [2.45, 2.75) is 18.1 Å². The molecular formula is C7H6O7. The number of ether oxygens (including phenoxy) is 3. The number of hydrogen-bond donors (Lipinski definition) is 1. The summed E-state index contributed by atoms with van der Waals surface area (Å²) in [6.07, 6.45) is -2.02. The molecule has 76 valence electrons. The third-order valence-electron chi connectivity index (χ3n) is 2.16. The van der Waals surface area contributed by atoms with Crippen molar-refractivity contribution in [1.29, 1.82) is 0 Å². The molecule has 0 saturated carbocycles. The Hall–Kier alpha value is -1.63. The lowest BCUT2D eigenvalue weighted by Gasteiger charge is -2.18. The van der Waals surface area contributed by atoms with Gasteiger partial charge in [-0.15, -0.1) is 0 Å². The minimum Gasteiger partial charge on any atom is -0.478 e. The molecule has 2 aliphatic rings. The second-order valence-corrected chi connectivity index (χ2v) is 2.97. The van der Waals surface area contributed by atoms with Crippen molar-refractivity contribution in [2.75, 3.05) is 6.79 Å². The van der Waals surface area contributed by atoms with Gasteiger partial charge in [-0.25, -0.2) is 9.59 Å². The molecular weight excluding hydrogens is 196 g/mol. The number of rotatable bonds is 1. The summed E-state index contributed by atoms with van der Waals surface area (Å²) in [6, 6.07) is 0. The fourth-order valence-corrected chi connectivity index (χ4v) is 1.50. The zero-order chi connectivity index (χ0) is 10.3. The Morgan fingerprint density at radius 3 is 2.71 bits per heavy atom. The molecule has 14 heavy (non-hydrogen) atoms. The molecule has 0 amide bonds. The molecule has 2 atom stereocenters. The number of carboxylic acid groups (broad SMARTS) is 1. The van der Waals surface area contributed by atoms with Crippen LogP contribution in [0.15, 0.2) is 0 Å². The number of esters is 2. The summed E-state index contributed by atoms with van der Waals surface area (Å²) < 4.78 is 13.8. The first-order chi connectivity index (χ1) is 6.56. The van der Waals surface area contributed by atoms with Crippen molar-refractivity contribution in [3.8, 4) is 0 Å². The van der Waals surface area contributed by atoms with E-state index in [4.69, 9.17) is 9.84 Å². The number of carbonyl (C=O) groups is 3. The normalized spacial score (nSPS) is 35.9. The van der Waals surface area contributed by atoms with Crippen LogP contribution in [0.2, 0.25) is 0 Å². The molecule has 0 aromatic rings. The maximum absolute atomic E-state index is 11.2. The number of cyclic esters (lactones) is 2. The quantitative estimate of drug-likeness (QED) is 0.525. The van der Waals surface area contributed by atoms with Gasteiger partial charge in [0, 0.05) is 0 Å². The largest absolute Gasteiger partial charge is 0.478 e. The van der Waals surface area contributed by atoms with Crippen LogP contribution in [0.4, 0.5) is 0 Å². The number of aliphatic carboxylic acids is 1. The third kappa shape index (κ3) is 0.987. The molecule has 0 aromatic heterocycles. The molecule has 2 fully saturated rings. The first-order valence-electron chi connectivity index (χ1n) is 3.80. The summed E-state index contributed by atoms with van der Waals surface area (Å²) >= 11 is 0. The van der Waals surface area contributed by atoms with E-state index < -0.39 is 36.0 Å². The Morgan fingerprint density at radius 1 is 1.50 bits per heavy atom. The highest BCUT2D eigenvalue weighted by molar-refractivity contribution is 5.97. The molecule has 0 radical (unpaired) electrons. The molecule has 2 aliphatic heterocycles. The van der Waals surface area contributed by atoms with E-state index in [0.717, 1.165) is 0 Å². The van der Waals surface area contributed by atoms with Crippen molar-refractivity contribution in [2.24, 2.45) is 0 Å². The molecule has 2 saturated heterocycles. The third-order valence-corrected chi connectivity index (χ3v) is 2.16. The van der Waals surface area contributed by atoms with E-state index in [9.17, 15) is 14.4 Å². The van der Waals surface area contributed by atoms with Gasteiger partial charge in [0.05, 0.1) is 6.42 Å². The second-order valence-electron chi connectivity index (χ2n) is 2.97. The van der Waals surface area contributed by atoms with Crippen molar-refractivity contribution in [3.63, 3.8) is 0 Å². The van der Waals surface area contributed by atoms with Crippen LogP contribution >= 0.6 is 0 Å². The van der Waals surface area contributed by atoms with Gasteiger partial charge in [0.1, 0.15) is 0 Å². The van der Waals surface area contributed by atoms with Gasteiger partial charge >= 0.3 is 17.9 Å². The van der Waals surface area contributed by atoms with Gasteiger partial charge in [-0.1, -0.05) is 0 Å². The van der Waals surface area contributed by atoms with Gasteiger partial charge in [0.2, 0.25) is 11.7 Å². The summed E-state index contributed by atoms with van der Waals surface area (Å²) in [5.74, 6) is -3.07. The Bertz CT molecular complexity index is 322. The van der Waals surface area contributed by atoms with Gasteiger partial charge in [-0.05, 0) is 0 Å². The van der Waals surface area contributed by atoms with Crippen LogP contribution in [0.3, 0.4) is 0 Å². The van der Waals surface area contributed by atoms with Gasteiger partial charge in [-0.3, -0.25) is 4.79 Å². The molecule has 0 bridgehead atoms. The minimum absolute atomic E-state index is 0.348. The number of carbonyl (C=O) groups excluding carboxylic acids is 2. The molecule has 2 unspecified atom stereocenters. The number of hydrogen-bond acceptors (Lipinski definition) is 6.